The number of sulfonamides is 1. The van der Waals surface area contributed by atoms with Crippen molar-refractivity contribution < 1.29 is 22.7 Å². The van der Waals surface area contributed by atoms with E-state index < -0.39 is 33.3 Å². The minimum Gasteiger partial charge on any atom is -0.460 e. The number of hydrogen-bond acceptors (Lipinski definition) is 7. The molecule has 0 aliphatic carbocycles. The van der Waals surface area contributed by atoms with Gasteiger partial charge in [0.2, 0.25) is 10.0 Å². The van der Waals surface area contributed by atoms with Gasteiger partial charge in [-0.05, 0) is 31.7 Å². The van der Waals surface area contributed by atoms with E-state index in [2.05, 4.69) is 20.6 Å². The van der Waals surface area contributed by atoms with Crippen LogP contribution < -0.4 is 15.4 Å². The maximum absolute atomic E-state index is 12.7. The summed E-state index contributed by atoms with van der Waals surface area (Å²) < 4.78 is 32.4. The minimum atomic E-state index is -3.72. The summed E-state index contributed by atoms with van der Waals surface area (Å²) in [6, 6.07) is -0.398. The number of aryl methyl sites for hydroxylation is 1. The molecule has 0 radical (unpaired) electrons. The third-order valence-electron chi connectivity index (χ3n) is 4.75. The number of imide groups is 1. The van der Waals surface area contributed by atoms with Crippen molar-refractivity contribution in [3.8, 4) is 6.01 Å². The molecule has 0 saturated carbocycles. The molecule has 1 aromatic heterocycles. The standard InChI is InChI=1S/C16H23N5O5S/c1-3-11-8-17-15(18-9-11)26-12-4-6-21(7-5-12)27(24,25)10-16(2)13(22)19-14(23)20-16/h8-9,12H,3-7,10H2,1-2H3,(H2,19,20,22,23)/t16-/m1/s1. The Hall–Kier alpha value is -2.27. The van der Waals surface area contributed by atoms with Crippen LogP contribution in [-0.2, 0) is 21.2 Å². The minimum absolute atomic E-state index is 0.172. The van der Waals surface area contributed by atoms with Crippen LogP contribution in [0, 0.1) is 0 Å². The average molecular weight is 397 g/mol. The molecule has 2 aliphatic rings. The van der Waals surface area contributed by atoms with Crippen molar-refractivity contribution in [2.75, 3.05) is 18.8 Å². The Kier molecular flexibility index (Phi) is 5.33. The van der Waals surface area contributed by atoms with Crippen LogP contribution in [0.4, 0.5) is 4.79 Å². The van der Waals surface area contributed by atoms with Crippen molar-refractivity contribution in [1.29, 1.82) is 0 Å². The fraction of sp³-hybridized carbons (Fsp3) is 0.625. The van der Waals surface area contributed by atoms with E-state index in [1.807, 2.05) is 6.92 Å². The number of nitrogens with zero attached hydrogens (tertiary/aromatic N) is 3. The van der Waals surface area contributed by atoms with Crippen molar-refractivity contribution in [2.45, 2.75) is 44.8 Å². The summed E-state index contributed by atoms with van der Waals surface area (Å²) >= 11 is 0. The smallest absolute Gasteiger partial charge is 0.322 e. The van der Waals surface area contributed by atoms with E-state index in [1.54, 1.807) is 12.4 Å². The van der Waals surface area contributed by atoms with Crippen LogP contribution in [0.3, 0.4) is 0 Å². The largest absolute Gasteiger partial charge is 0.460 e. The summed E-state index contributed by atoms with van der Waals surface area (Å²) in [6.45, 7) is 3.95. The highest BCUT2D eigenvalue weighted by molar-refractivity contribution is 7.89. The second-order valence-corrected chi connectivity index (χ2v) is 8.91. The van der Waals surface area contributed by atoms with Crippen LogP contribution >= 0.6 is 0 Å². The highest BCUT2D eigenvalue weighted by atomic mass is 32.2. The topological polar surface area (TPSA) is 131 Å². The summed E-state index contributed by atoms with van der Waals surface area (Å²) in [5.74, 6) is -1.12. The number of piperidine rings is 1. The maximum atomic E-state index is 12.7. The Labute approximate surface area is 157 Å². The van der Waals surface area contributed by atoms with E-state index in [-0.39, 0.29) is 25.2 Å². The van der Waals surface area contributed by atoms with Gasteiger partial charge in [0, 0.05) is 25.5 Å². The van der Waals surface area contributed by atoms with Gasteiger partial charge in [-0.25, -0.2) is 27.5 Å². The molecule has 10 nitrogen and oxygen atoms in total. The molecule has 3 rings (SSSR count). The number of rotatable bonds is 6. The molecule has 148 valence electrons. The van der Waals surface area contributed by atoms with Gasteiger partial charge in [-0.1, -0.05) is 6.92 Å². The molecule has 0 spiro atoms. The highest BCUT2D eigenvalue weighted by Gasteiger charge is 2.46. The van der Waals surface area contributed by atoms with Crippen LogP contribution in [0.25, 0.3) is 0 Å². The zero-order valence-corrected chi connectivity index (χ0v) is 16.1. The van der Waals surface area contributed by atoms with Gasteiger partial charge in [-0.15, -0.1) is 0 Å². The van der Waals surface area contributed by atoms with Gasteiger partial charge in [-0.2, -0.15) is 0 Å². The van der Waals surface area contributed by atoms with Gasteiger partial charge < -0.3 is 10.1 Å². The van der Waals surface area contributed by atoms with Crippen molar-refractivity contribution in [3.63, 3.8) is 0 Å². The number of carbonyl (C=O) groups excluding carboxylic acids is 2. The highest BCUT2D eigenvalue weighted by Crippen LogP contribution is 2.21. The van der Waals surface area contributed by atoms with Crippen LogP contribution in [0.5, 0.6) is 6.01 Å². The van der Waals surface area contributed by atoms with Crippen molar-refractivity contribution >= 4 is 22.0 Å². The van der Waals surface area contributed by atoms with Crippen LogP contribution in [0.2, 0.25) is 0 Å². The number of amides is 3. The lowest BCUT2D eigenvalue weighted by Crippen LogP contribution is -2.53. The number of hydrogen-bond donors (Lipinski definition) is 2. The molecular weight excluding hydrogens is 374 g/mol. The molecule has 1 aromatic rings. The number of aromatic nitrogens is 2. The van der Waals surface area contributed by atoms with E-state index in [0.29, 0.717) is 12.8 Å². The molecule has 0 bridgehead atoms. The number of urea groups is 1. The van der Waals surface area contributed by atoms with E-state index >= 15 is 0 Å². The molecule has 11 heteroatoms. The zero-order valence-electron chi connectivity index (χ0n) is 15.3. The predicted octanol–water partition coefficient (Wildman–Crippen LogP) is -0.190. The third-order valence-corrected chi connectivity index (χ3v) is 6.84. The summed E-state index contributed by atoms with van der Waals surface area (Å²) in [5, 5.41) is 4.45. The van der Waals surface area contributed by atoms with Gasteiger partial charge in [0.25, 0.3) is 5.91 Å². The summed E-state index contributed by atoms with van der Waals surface area (Å²) in [5.41, 5.74) is -0.446. The SMILES string of the molecule is CCc1cnc(OC2CCN(S(=O)(=O)C[C@@]3(C)NC(=O)NC3=O)CC2)nc1. The maximum Gasteiger partial charge on any atom is 0.322 e. The molecule has 3 amide bonds. The van der Waals surface area contributed by atoms with Gasteiger partial charge in [0.05, 0.1) is 5.75 Å². The zero-order chi connectivity index (χ0) is 19.7. The van der Waals surface area contributed by atoms with Crippen molar-refractivity contribution in [3.05, 3.63) is 18.0 Å². The molecule has 27 heavy (non-hydrogen) atoms. The Bertz CT molecular complexity index is 820. The summed E-state index contributed by atoms with van der Waals surface area (Å²) in [4.78, 5) is 31.5. The lowest BCUT2D eigenvalue weighted by molar-refractivity contribution is -0.122. The first-order chi connectivity index (χ1) is 12.7. The predicted molar refractivity (Wildman–Crippen MR) is 95.5 cm³/mol. The second kappa shape index (κ2) is 7.39. The summed E-state index contributed by atoms with van der Waals surface area (Å²) in [6.07, 6.45) is 5.08. The summed E-state index contributed by atoms with van der Waals surface area (Å²) in [7, 11) is -3.72. The lowest BCUT2D eigenvalue weighted by atomic mass is 10.1. The molecule has 2 fully saturated rings. The van der Waals surface area contributed by atoms with Gasteiger partial charge in [-0.3, -0.25) is 10.1 Å². The molecule has 2 saturated heterocycles. The molecule has 2 N–H and O–H groups in total. The van der Waals surface area contributed by atoms with E-state index in [4.69, 9.17) is 4.74 Å². The number of ether oxygens (including phenoxy) is 1. The van der Waals surface area contributed by atoms with Gasteiger partial charge in [0.1, 0.15) is 11.6 Å². The van der Waals surface area contributed by atoms with Crippen molar-refractivity contribution in [2.24, 2.45) is 0 Å². The molecule has 2 aliphatic heterocycles. The Balaban J connectivity index is 1.56. The van der Waals surface area contributed by atoms with Crippen LogP contribution in [0.1, 0.15) is 32.3 Å². The first kappa shape index (κ1) is 19.5. The number of carbonyl (C=O) groups is 2. The normalized spacial score (nSPS) is 24.5. The molecule has 3 heterocycles. The second-order valence-electron chi connectivity index (χ2n) is 6.94. The Morgan fingerprint density at radius 1 is 1.26 bits per heavy atom. The molecule has 0 unspecified atom stereocenters. The third kappa shape index (κ3) is 4.35. The quantitative estimate of drug-likeness (QED) is 0.636. The van der Waals surface area contributed by atoms with E-state index in [0.717, 1.165) is 12.0 Å². The first-order valence-corrected chi connectivity index (χ1v) is 10.4. The van der Waals surface area contributed by atoms with Gasteiger partial charge >= 0.3 is 12.0 Å². The molecule has 0 aromatic carbocycles. The fourth-order valence-corrected chi connectivity index (χ4v) is 4.98. The average Bonchev–Trinajstić information content (AvgIpc) is 2.87. The van der Waals surface area contributed by atoms with E-state index in [1.165, 1.54) is 11.2 Å². The van der Waals surface area contributed by atoms with Crippen LogP contribution in [0.15, 0.2) is 12.4 Å². The monoisotopic (exact) mass is 397 g/mol. The van der Waals surface area contributed by atoms with Crippen LogP contribution in [-0.4, -0.2) is 65.1 Å². The molecular formula is C16H23N5O5S. The number of nitrogens with one attached hydrogen (secondary N) is 2. The van der Waals surface area contributed by atoms with Gasteiger partial charge in [0.15, 0.2) is 0 Å². The molecule has 1 atom stereocenters. The lowest BCUT2D eigenvalue weighted by Gasteiger charge is -2.32. The fourth-order valence-electron chi connectivity index (χ4n) is 3.10. The first-order valence-electron chi connectivity index (χ1n) is 8.81. The Morgan fingerprint density at radius 3 is 2.41 bits per heavy atom. The Morgan fingerprint density at radius 2 is 1.89 bits per heavy atom. The van der Waals surface area contributed by atoms with E-state index in [9.17, 15) is 18.0 Å². The van der Waals surface area contributed by atoms with Crippen molar-refractivity contribution in [1.82, 2.24) is 24.9 Å².